The molecule has 3 aromatic rings. The molecule has 25 heavy (non-hydrogen) atoms. The molecule has 0 radical (unpaired) electrons. The Morgan fingerprint density at radius 2 is 2.12 bits per heavy atom. The minimum Gasteiger partial charge on any atom is -0.486 e. The molecule has 3 heterocycles. The van der Waals surface area contributed by atoms with Gasteiger partial charge in [-0.1, -0.05) is 26.1 Å². The normalized spacial score (nSPS) is 13.5. The Kier molecular flexibility index (Phi) is 5.24. The fraction of sp³-hybridized carbons (Fsp3) is 0.389. The first-order valence-electron chi connectivity index (χ1n) is 8.10. The first-order valence-corrected chi connectivity index (χ1v) is 10.5. The van der Waals surface area contributed by atoms with Crippen LogP contribution in [0.5, 0.6) is 5.75 Å². The van der Waals surface area contributed by atoms with Crippen molar-refractivity contribution in [1.82, 2.24) is 19.2 Å². The second kappa shape index (κ2) is 7.11. The molecule has 134 valence electrons. The fourth-order valence-electron chi connectivity index (χ4n) is 2.74. The SMILES string of the molecule is C/C=S(/c1cn2c(I)cnc2cc1OCc1ccn(C)n1)C(C)(C)C. The lowest BCUT2D eigenvalue weighted by Gasteiger charge is -2.26. The summed E-state index contributed by atoms with van der Waals surface area (Å²) >= 11 is 2.31. The van der Waals surface area contributed by atoms with Gasteiger partial charge in [-0.3, -0.25) is 9.08 Å². The number of imidazole rings is 1. The highest BCUT2D eigenvalue weighted by Crippen LogP contribution is 2.44. The molecule has 3 rings (SSSR count). The van der Waals surface area contributed by atoms with Crippen molar-refractivity contribution in [3.8, 4) is 5.75 Å². The molecule has 1 unspecified atom stereocenters. The van der Waals surface area contributed by atoms with E-state index >= 15 is 0 Å². The van der Waals surface area contributed by atoms with Crippen LogP contribution in [0.3, 0.4) is 0 Å². The largest absolute Gasteiger partial charge is 0.486 e. The van der Waals surface area contributed by atoms with Crippen LogP contribution in [0.15, 0.2) is 35.6 Å². The van der Waals surface area contributed by atoms with Crippen molar-refractivity contribution < 1.29 is 4.74 Å². The molecule has 7 heteroatoms. The Bertz CT molecular complexity index is 936. The van der Waals surface area contributed by atoms with E-state index in [4.69, 9.17) is 4.74 Å². The van der Waals surface area contributed by atoms with Gasteiger partial charge < -0.3 is 4.74 Å². The van der Waals surface area contributed by atoms with Gasteiger partial charge in [-0.05, 0) is 35.6 Å². The number of aryl methyl sites for hydroxylation is 1. The van der Waals surface area contributed by atoms with Crippen molar-refractivity contribution in [1.29, 1.82) is 0 Å². The van der Waals surface area contributed by atoms with Gasteiger partial charge in [-0.2, -0.15) is 5.10 Å². The summed E-state index contributed by atoms with van der Waals surface area (Å²) < 4.78 is 11.3. The van der Waals surface area contributed by atoms with Crippen molar-refractivity contribution in [3.05, 3.63) is 40.1 Å². The quantitative estimate of drug-likeness (QED) is 0.417. The number of hydrogen-bond donors (Lipinski definition) is 0. The van der Waals surface area contributed by atoms with Crippen molar-refractivity contribution >= 4 is 44.1 Å². The van der Waals surface area contributed by atoms with Gasteiger partial charge in [0.15, 0.2) is 0 Å². The summed E-state index contributed by atoms with van der Waals surface area (Å²) in [5, 5.41) is 6.68. The predicted octanol–water partition coefficient (Wildman–Crippen LogP) is 4.50. The predicted molar refractivity (Wildman–Crippen MR) is 113 cm³/mol. The fourth-order valence-corrected chi connectivity index (χ4v) is 5.44. The molecule has 0 saturated heterocycles. The molecule has 5 nitrogen and oxygen atoms in total. The number of aromatic nitrogens is 4. The molecule has 0 saturated carbocycles. The van der Waals surface area contributed by atoms with Crippen LogP contribution >= 0.6 is 33.1 Å². The number of rotatable bonds is 4. The van der Waals surface area contributed by atoms with E-state index in [0.29, 0.717) is 6.61 Å². The van der Waals surface area contributed by atoms with Gasteiger partial charge in [-0.15, -0.1) is 10.5 Å². The zero-order chi connectivity index (χ0) is 18.2. The third-order valence-electron chi connectivity index (χ3n) is 3.81. The van der Waals surface area contributed by atoms with E-state index in [0.717, 1.165) is 20.8 Å². The van der Waals surface area contributed by atoms with Gasteiger partial charge in [0.25, 0.3) is 0 Å². The molecule has 0 aliphatic carbocycles. The van der Waals surface area contributed by atoms with Crippen molar-refractivity contribution in [3.63, 3.8) is 0 Å². The molecule has 0 aromatic carbocycles. The third-order valence-corrected chi connectivity index (χ3v) is 7.18. The van der Waals surface area contributed by atoms with Crippen LogP contribution < -0.4 is 4.74 Å². The Morgan fingerprint density at radius 1 is 1.36 bits per heavy atom. The van der Waals surface area contributed by atoms with Crippen molar-refractivity contribution in [2.75, 3.05) is 0 Å². The third kappa shape index (κ3) is 3.92. The lowest BCUT2D eigenvalue weighted by Crippen LogP contribution is -2.13. The molecule has 0 aliphatic heterocycles. The summed E-state index contributed by atoms with van der Waals surface area (Å²) in [6, 6.07) is 4.02. The summed E-state index contributed by atoms with van der Waals surface area (Å²) in [7, 11) is 1.86. The molecular formula is C18H23IN4OS. The Labute approximate surface area is 164 Å². The zero-order valence-corrected chi connectivity index (χ0v) is 18.1. The van der Waals surface area contributed by atoms with Gasteiger partial charge in [0.2, 0.25) is 0 Å². The van der Waals surface area contributed by atoms with Gasteiger partial charge in [0, 0.05) is 30.3 Å². The van der Waals surface area contributed by atoms with E-state index in [2.05, 4.69) is 76.3 Å². The maximum Gasteiger partial charge on any atom is 0.141 e. The lowest BCUT2D eigenvalue weighted by atomic mass is 10.3. The second-order valence-electron chi connectivity index (χ2n) is 6.77. The van der Waals surface area contributed by atoms with Gasteiger partial charge in [0.1, 0.15) is 21.7 Å². The monoisotopic (exact) mass is 470 g/mol. The van der Waals surface area contributed by atoms with E-state index in [-0.39, 0.29) is 15.2 Å². The summed E-state index contributed by atoms with van der Waals surface area (Å²) in [6.07, 6.45) is 5.98. The van der Waals surface area contributed by atoms with E-state index in [9.17, 15) is 0 Å². The molecule has 0 fully saturated rings. The maximum atomic E-state index is 6.19. The number of fused-ring (bicyclic) bond motifs is 1. The average molecular weight is 470 g/mol. The average Bonchev–Trinajstić information content (AvgIpc) is 3.11. The number of halogens is 1. The lowest BCUT2D eigenvalue weighted by molar-refractivity contribution is 0.292. The van der Waals surface area contributed by atoms with Gasteiger partial charge >= 0.3 is 0 Å². The highest BCUT2D eigenvalue weighted by atomic mass is 127. The van der Waals surface area contributed by atoms with E-state index in [1.165, 1.54) is 4.90 Å². The number of hydrogen-bond acceptors (Lipinski definition) is 3. The summed E-state index contributed by atoms with van der Waals surface area (Å²) in [4.78, 5) is 5.68. The first kappa shape index (κ1) is 18.4. The Balaban J connectivity index is 2.06. The highest BCUT2D eigenvalue weighted by molar-refractivity contribution is 14.1. The molecule has 0 spiro atoms. The molecule has 1 atom stereocenters. The number of pyridine rings is 1. The van der Waals surface area contributed by atoms with Crippen LogP contribution in [0, 0.1) is 3.70 Å². The van der Waals surface area contributed by atoms with Gasteiger partial charge in [0.05, 0.1) is 16.8 Å². The van der Waals surface area contributed by atoms with E-state index in [1.54, 1.807) is 4.68 Å². The van der Waals surface area contributed by atoms with Gasteiger partial charge in [-0.25, -0.2) is 4.98 Å². The molecular weight excluding hydrogens is 447 g/mol. The van der Waals surface area contributed by atoms with E-state index in [1.807, 2.05) is 31.6 Å². The van der Waals surface area contributed by atoms with Crippen LogP contribution in [0.1, 0.15) is 33.4 Å². The molecule has 0 bridgehead atoms. The number of ether oxygens (including phenoxy) is 1. The van der Waals surface area contributed by atoms with Crippen molar-refractivity contribution in [2.24, 2.45) is 7.05 Å². The molecule has 0 aliphatic rings. The minimum atomic E-state index is -0.0523. The van der Waals surface area contributed by atoms with Crippen LogP contribution in [0.25, 0.3) is 5.65 Å². The summed E-state index contributed by atoms with van der Waals surface area (Å²) in [6.45, 7) is 9.37. The molecule has 3 aromatic heterocycles. The molecule has 0 amide bonds. The highest BCUT2D eigenvalue weighted by Gasteiger charge is 2.21. The van der Waals surface area contributed by atoms with Crippen molar-refractivity contribution in [2.45, 2.75) is 43.9 Å². The minimum absolute atomic E-state index is 0.0523. The first-order chi connectivity index (χ1) is 11.8. The Hall–Kier alpha value is -1.35. The smallest absolute Gasteiger partial charge is 0.141 e. The Morgan fingerprint density at radius 3 is 2.72 bits per heavy atom. The standard InChI is InChI=1S/C18H23IN4OS/c1-6-25(18(2,3)4)15-11-23-16(19)10-20-17(23)9-14(15)24-12-13-7-8-22(5)21-13/h6-11H,12H2,1-5H3. The number of nitrogens with zero attached hydrogens (tertiary/aromatic N) is 4. The topological polar surface area (TPSA) is 44.4 Å². The zero-order valence-electron chi connectivity index (χ0n) is 15.2. The summed E-state index contributed by atoms with van der Waals surface area (Å²) in [5.74, 6) is 0.886. The van der Waals surface area contributed by atoms with Crippen LogP contribution in [-0.4, -0.2) is 29.3 Å². The molecule has 0 N–H and O–H groups in total. The van der Waals surface area contributed by atoms with Crippen LogP contribution in [0.4, 0.5) is 0 Å². The second-order valence-corrected chi connectivity index (χ2v) is 10.7. The van der Waals surface area contributed by atoms with E-state index < -0.39 is 0 Å². The summed E-state index contributed by atoms with van der Waals surface area (Å²) in [5.41, 5.74) is 1.82. The van der Waals surface area contributed by atoms with Crippen LogP contribution in [-0.2, 0) is 13.7 Å². The van der Waals surface area contributed by atoms with Crippen LogP contribution in [0.2, 0.25) is 0 Å². The maximum absolute atomic E-state index is 6.19.